The minimum absolute atomic E-state index is 0.719. The van der Waals surface area contributed by atoms with E-state index >= 15 is 0 Å². The number of rotatable bonds is 4. The standard InChI is InChI=1S/C12H13NO3/c1-14-11-4-3-9(8-12(11)15-2)7-10-5-6-16-13-10/h3-6,8H,7H2,1-2H3. The summed E-state index contributed by atoms with van der Waals surface area (Å²) in [4.78, 5) is 0. The monoisotopic (exact) mass is 219 g/mol. The molecule has 0 atom stereocenters. The average Bonchev–Trinajstić information content (AvgIpc) is 2.81. The number of ether oxygens (including phenoxy) is 2. The van der Waals surface area contributed by atoms with Crippen molar-refractivity contribution in [1.82, 2.24) is 5.16 Å². The predicted octanol–water partition coefficient (Wildman–Crippen LogP) is 2.28. The summed E-state index contributed by atoms with van der Waals surface area (Å²) in [5.41, 5.74) is 2.00. The van der Waals surface area contributed by atoms with Crippen molar-refractivity contribution < 1.29 is 14.0 Å². The largest absolute Gasteiger partial charge is 0.493 e. The smallest absolute Gasteiger partial charge is 0.160 e. The van der Waals surface area contributed by atoms with E-state index in [9.17, 15) is 0 Å². The van der Waals surface area contributed by atoms with Crippen molar-refractivity contribution in [2.75, 3.05) is 14.2 Å². The number of hydrogen-bond donors (Lipinski definition) is 0. The molecule has 1 aromatic carbocycles. The van der Waals surface area contributed by atoms with Crippen LogP contribution in [0.2, 0.25) is 0 Å². The van der Waals surface area contributed by atoms with Crippen molar-refractivity contribution in [3.05, 3.63) is 41.8 Å². The first kappa shape index (κ1) is 10.5. The van der Waals surface area contributed by atoms with Crippen LogP contribution < -0.4 is 9.47 Å². The Morgan fingerprint density at radius 1 is 1.12 bits per heavy atom. The van der Waals surface area contributed by atoms with Gasteiger partial charge in [0.1, 0.15) is 6.26 Å². The molecule has 0 N–H and O–H groups in total. The van der Waals surface area contributed by atoms with Crippen LogP contribution in [0.25, 0.3) is 0 Å². The van der Waals surface area contributed by atoms with Gasteiger partial charge < -0.3 is 14.0 Å². The van der Waals surface area contributed by atoms with E-state index in [-0.39, 0.29) is 0 Å². The zero-order valence-electron chi connectivity index (χ0n) is 9.27. The molecule has 1 heterocycles. The van der Waals surface area contributed by atoms with Gasteiger partial charge in [0, 0.05) is 12.5 Å². The molecule has 2 aromatic rings. The van der Waals surface area contributed by atoms with Gasteiger partial charge >= 0.3 is 0 Å². The minimum Gasteiger partial charge on any atom is -0.493 e. The Bertz CT molecular complexity index is 451. The second-order valence-corrected chi connectivity index (χ2v) is 3.36. The molecule has 0 bridgehead atoms. The van der Waals surface area contributed by atoms with Crippen molar-refractivity contribution in [2.45, 2.75) is 6.42 Å². The molecule has 0 aliphatic heterocycles. The molecule has 0 amide bonds. The Morgan fingerprint density at radius 3 is 2.56 bits per heavy atom. The van der Waals surface area contributed by atoms with Crippen molar-refractivity contribution in [3.8, 4) is 11.5 Å². The Balaban J connectivity index is 2.22. The first-order valence-corrected chi connectivity index (χ1v) is 4.93. The van der Waals surface area contributed by atoms with E-state index in [1.54, 1.807) is 20.5 Å². The van der Waals surface area contributed by atoms with Gasteiger partial charge in [0.25, 0.3) is 0 Å². The predicted molar refractivity (Wildman–Crippen MR) is 58.9 cm³/mol. The van der Waals surface area contributed by atoms with Gasteiger partial charge in [-0.2, -0.15) is 0 Å². The molecule has 0 fully saturated rings. The fourth-order valence-corrected chi connectivity index (χ4v) is 1.53. The van der Waals surface area contributed by atoms with Crippen LogP contribution in [-0.4, -0.2) is 19.4 Å². The molecule has 0 unspecified atom stereocenters. The average molecular weight is 219 g/mol. The van der Waals surface area contributed by atoms with Crippen LogP contribution >= 0.6 is 0 Å². The first-order chi connectivity index (χ1) is 7.83. The molecule has 0 saturated carbocycles. The highest BCUT2D eigenvalue weighted by Gasteiger charge is 2.06. The molecule has 0 aliphatic rings. The van der Waals surface area contributed by atoms with Gasteiger partial charge in [-0.3, -0.25) is 0 Å². The van der Waals surface area contributed by atoms with Crippen LogP contribution in [0, 0.1) is 0 Å². The summed E-state index contributed by atoms with van der Waals surface area (Å²) in [5.74, 6) is 1.45. The molecule has 1 aromatic heterocycles. The Morgan fingerprint density at radius 2 is 1.94 bits per heavy atom. The van der Waals surface area contributed by atoms with Crippen molar-refractivity contribution in [3.63, 3.8) is 0 Å². The number of methoxy groups -OCH3 is 2. The second-order valence-electron chi connectivity index (χ2n) is 3.36. The van der Waals surface area contributed by atoms with Crippen LogP contribution in [0.3, 0.4) is 0 Å². The number of hydrogen-bond acceptors (Lipinski definition) is 4. The number of aromatic nitrogens is 1. The van der Waals surface area contributed by atoms with E-state index in [0.29, 0.717) is 0 Å². The lowest BCUT2D eigenvalue weighted by Gasteiger charge is -2.08. The number of nitrogens with zero attached hydrogens (tertiary/aromatic N) is 1. The molecule has 0 radical (unpaired) electrons. The summed E-state index contributed by atoms with van der Waals surface area (Å²) in [6, 6.07) is 7.65. The van der Waals surface area contributed by atoms with E-state index in [0.717, 1.165) is 29.2 Å². The lowest BCUT2D eigenvalue weighted by Crippen LogP contribution is -1.93. The topological polar surface area (TPSA) is 44.5 Å². The van der Waals surface area contributed by atoms with Gasteiger partial charge in [-0.05, 0) is 17.7 Å². The molecule has 2 rings (SSSR count). The Hall–Kier alpha value is -1.97. The fraction of sp³-hybridized carbons (Fsp3) is 0.250. The third-order valence-corrected chi connectivity index (χ3v) is 2.32. The van der Waals surface area contributed by atoms with Crippen LogP contribution in [0.15, 0.2) is 35.1 Å². The van der Waals surface area contributed by atoms with Crippen molar-refractivity contribution >= 4 is 0 Å². The highest BCUT2D eigenvalue weighted by Crippen LogP contribution is 2.28. The summed E-state index contributed by atoms with van der Waals surface area (Å²) >= 11 is 0. The lowest BCUT2D eigenvalue weighted by molar-refractivity contribution is 0.354. The number of benzene rings is 1. The zero-order chi connectivity index (χ0) is 11.4. The summed E-state index contributed by atoms with van der Waals surface area (Å²) in [5, 5.41) is 3.86. The van der Waals surface area contributed by atoms with Gasteiger partial charge in [0.05, 0.1) is 19.9 Å². The third kappa shape index (κ3) is 2.16. The van der Waals surface area contributed by atoms with Crippen molar-refractivity contribution in [2.24, 2.45) is 0 Å². The molecule has 0 aliphatic carbocycles. The Kier molecular flexibility index (Phi) is 3.10. The van der Waals surface area contributed by atoms with Crippen LogP contribution in [0.5, 0.6) is 11.5 Å². The maximum absolute atomic E-state index is 5.23. The molecular weight excluding hydrogens is 206 g/mol. The quantitative estimate of drug-likeness (QED) is 0.791. The van der Waals surface area contributed by atoms with E-state index in [1.165, 1.54) is 0 Å². The fourth-order valence-electron chi connectivity index (χ4n) is 1.53. The first-order valence-electron chi connectivity index (χ1n) is 4.93. The van der Waals surface area contributed by atoms with E-state index in [4.69, 9.17) is 14.0 Å². The summed E-state index contributed by atoms with van der Waals surface area (Å²) in [6.45, 7) is 0. The molecule has 4 heteroatoms. The maximum Gasteiger partial charge on any atom is 0.160 e. The second kappa shape index (κ2) is 4.70. The summed E-state index contributed by atoms with van der Waals surface area (Å²) < 4.78 is 15.2. The van der Waals surface area contributed by atoms with E-state index in [1.807, 2.05) is 24.3 Å². The lowest BCUT2D eigenvalue weighted by atomic mass is 10.1. The molecule has 84 valence electrons. The van der Waals surface area contributed by atoms with Gasteiger partial charge in [-0.25, -0.2) is 0 Å². The van der Waals surface area contributed by atoms with Crippen LogP contribution in [-0.2, 0) is 6.42 Å². The molecule has 16 heavy (non-hydrogen) atoms. The van der Waals surface area contributed by atoms with Crippen molar-refractivity contribution in [1.29, 1.82) is 0 Å². The molecule has 0 spiro atoms. The van der Waals surface area contributed by atoms with Gasteiger partial charge in [-0.1, -0.05) is 11.2 Å². The normalized spacial score (nSPS) is 10.1. The third-order valence-electron chi connectivity index (χ3n) is 2.32. The van der Waals surface area contributed by atoms with Crippen LogP contribution in [0.4, 0.5) is 0 Å². The SMILES string of the molecule is COc1ccc(Cc2ccon2)cc1OC. The van der Waals surface area contributed by atoms with Gasteiger partial charge in [0.2, 0.25) is 0 Å². The summed E-state index contributed by atoms with van der Waals surface area (Å²) in [7, 11) is 3.24. The van der Waals surface area contributed by atoms with Crippen LogP contribution in [0.1, 0.15) is 11.3 Å². The molecular formula is C12H13NO3. The molecule has 0 saturated heterocycles. The Labute approximate surface area is 93.8 Å². The molecule has 4 nitrogen and oxygen atoms in total. The highest BCUT2D eigenvalue weighted by molar-refractivity contribution is 5.43. The van der Waals surface area contributed by atoms with Gasteiger partial charge in [-0.15, -0.1) is 0 Å². The van der Waals surface area contributed by atoms with E-state index in [2.05, 4.69) is 5.16 Å². The highest BCUT2D eigenvalue weighted by atomic mass is 16.5. The summed E-state index contributed by atoms with van der Waals surface area (Å²) in [6.07, 6.45) is 2.28. The minimum atomic E-state index is 0.719. The zero-order valence-corrected chi connectivity index (χ0v) is 9.27. The van der Waals surface area contributed by atoms with E-state index < -0.39 is 0 Å². The van der Waals surface area contributed by atoms with Gasteiger partial charge in [0.15, 0.2) is 11.5 Å². The maximum atomic E-state index is 5.23.